The molecule has 0 atom stereocenters. The van der Waals surface area contributed by atoms with Crippen LogP contribution < -0.4 is 5.32 Å². The van der Waals surface area contributed by atoms with E-state index in [0.717, 1.165) is 38.8 Å². The van der Waals surface area contributed by atoms with Crippen molar-refractivity contribution in [2.24, 2.45) is 5.41 Å². The number of hydrogen-bond donors (Lipinski definition) is 1. The third-order valence-corrected chi connectivity index (χ3v) is 3.41. The van der Waals surface area contributed by atoms with Gasteiger partial charge in [0.1, 0.15) is 5.41 Å². The van der Waals surface area contributed by atoms with Crippen LogP contribution in [0.2, 0.25) is 0 Å². The molecule has 2 aliphatic rings. The topological polar surface area (TPSA) is 49.4 Å². The maximum atomic E-state index is 12.2. The molecule has 4 nitrogen and oxygen atoms in total. The Morgan fingerprint density at radius 1 is 1.19 bits per heavy atom. The van der Waals surface area contributed by atoms with E-state index in [2.05, 4.69) is 5.32 Å². The number of hydrogen-bond acceptors (Lipinski definition) is 2. The van der Waals surface area contributed by atoms with Gasteiger partial charge in [0.05, 0.1) is 0 Å². The second-order valence-corrected chi connectivity index (χ2v) is 5.37. The van der Waals surface area contributed by atoms with E-state index >= 15 is 0 Å². The molecule has 4 heteroatoms. The van der Waals surface area contributed by atoms with E-state index in [1.54, 1.807) is 13.8 Å². The molecule has 0 unspecified atom stereocenters. The molecule has 1 N–H and O–H groups in total. The number of nitrogens with one attached hydrogen (secondary N) is 1. The molecule has 2 rings (SSSR count). The maximum Gasteiger partial charge on any atom is 0.237 e. The van der Waals surface area contributed by atoms with Gasteiger partial charge in [-0.1, -0.05) is 0 Å². The number of likely N-dealkylation sites (tertiary alicyclic amines) is 1. The molecular weight excluding hydrogens is 204 g/mol. The van der Waals surface area contributed by atoms with Gasteiger partial charge >= 0.3 is 0 Å². The van der Waals surface area contributed by atoms with Crippen molar-refractivity contribution in [2.45, 2.75) is 45.6 Å². The van der Waals surface area contributed by atoms with Gasteiger partial charge in [-0.3, -0.25) is 9.59 Å². The highest BCUT2D eigenvalue weighted by Crippen LogP contribution is 2.25. The quantitative estimate of drug-likeness (QED) is 0.724. The summed E-state index contributed by atoms with van der Waals surface area (Å²) in [6.45, 7) is 5.06. The minimum atomic E-state index is -0.910. The van der Waals surface area contributed by atoms with Gasteiger partial charge in [0.25, 0.3) is 0 Å². The Kier molecular flexibility index (Phi) is 2.91. The van der Waals surface area contributed by atoms with Crippen LogP contribution in [0.3, 0.4) is 0 Å². The van der Waals surface area contributed by atoms with Gasteiger partial charge in [-0.2, -0.15) is 0 Å². The average molecular weight is 224 g/mol. The van der Waals surface area contributed by atoms with E-state index in [-0.39, 0.29) is 11.8 Å². The lowest BCUT2D eigenvalue weighted by Gasteiger charge is -2.28. The zero-order valence-corrected chi connectivity index (χ0v) is 10.1. The van der Waals surface area contributed by atoms with Gasteiger partial charge in [-0.05, 0) is 39.5 Å². The van der Waals surface area contributed by atoms with Crippen molar-refractivity contribution < 1.29 is 9.59 Å². The fourth-order valence-corrected chi connectivity index (χ4v) is 2.01. The van der Waals surface area contributed by atoms with Crippen LogP contribution in [0.4, 0.5) is 0 Å². The molecule has 90 valence electrons. The van der Waals surface area contributed by atoms with Crippen molar-refractivity contribution >= 4 is 11.8 Å². The zero-order chi connectivity index (χ0) is 11.8. The van der Waals surface area contributed by atoms with E-state index in [1.165, 1.54) is 0 Å². The third-order valence-electron chi connectivity index (χ3n) is 3.41. The van der Waals surface area contributed by atoms with Gasteiger partial charge in [0, 0.05) is 19.1 Å². The van der Waals surface area contributed by atoms with E-state index in [0.29, 0.717) is 6.04 Å². The highest BCUT2D eigenvalue weighted by molar-refractivity contribution is 6.04. The van der Waals surface area contributed by atoms with Crippen molar-refractivity contribution in [3.05, 3.63) is 0 Å². The van der Waals surface area contributed by atoms with Gasteiger partial charge in [-0.15, -0.1) is 0 Å². The van der Waals surface area contributed by atoms with Gasteiger partial charge < -0.3 is 10.2 Å². The third kappa shape index (κ3) is 2.20. The summed E-state index contributed by atoms with van der Waals surface area (Å²) < 4.78 is 0. The van der Waals surface area contributed by atoms with Gasteiger partial charge in [0.15, 0.2) is 0 Å². The molecule has 1 saturated heterocycles. The first-order valence-corrected chi connectivity index (χ1v) is 6.12. The molecule has 0 spiro atoms. The summed E-state index contributed by atoms with van der Waals surface area (Å²) in [6.07, 6.45) is 4.23. The van der Waals surface area contributed by atoms with Crippen LogP contribution in [0.1, 0.15) is 39.5 Å². The normalized spacial score (nSPS) is 21.0. The molecule has 1 aliphatic carbocycles. The molecule has 2 fully saturated rings. The van der Waals surface area contributed by atoms with Gasteiger partial charge in [-0.25, -0.2) is 0 Å². The first-order chi connectivity index (χ1) is 7.51. The number of carbonyl (C=O) groups excluding carboxylic acids is 2. The summed E-state index contributed by atoms with van der Waals surface area (Å²) in [5.74, 6) is -0.143. The van der Waals surface area contributed by atoms with Crippen molar-refractivity contribution in [3.63, 3.8) is 0 Å². The van der Waals surface area contributed by atoms with E-state index < -0.39 is 5.41 Å². The predicted octanol–water partition coefficient (Wildman–Crippen LogP) is 0.914. The standard InChI is InChI=1S/C12H20N2O2/c1-12(2,10(15)13-9-5-6-9)11(16)14-7-3-4-8-14/h9H,3-8H2,1-2H3,(H,13,15). The van der Waals surface area contributed by atoms with Crippen molar-refractivity contribution in [1.29, 1.82) is 0 Å². The minimum absolute atomic E-state index is 0.0249. The molecule has 0 aromatic heterocycles. The SMILES string of the molecule is CC(C)(C(=O)NC1CC1)C(=O)N1CCCC1. The lowest BCUT2D eigenvalue weighted by Crippen LogP contribution is -2.49. The molecule has 1 aliphatic heterocycles. The first kappa shape index (κ1) is 11.4. The lowest BCUT2D eigenvalue weighted by molar-refractivity contribution is -0.147. The molecule has 0 bridgehead atoms. The molecular formula is C12H20N2O2. The second kappa shape index (κ2) is 4.07. The van der Waals surface area contributed by atoms with E-state index in [1.807, 2.05) is 4.90 Å². The van der Waals surface area contributed by atoms with Crippen LogP contribution in [-0.4, -0.2) is 35.8 Å². The Bertz CT molecular complexity index is 302. The van der Waals surface area contributed by atoms with Crippen LogP contribution >= 0.6 is 0 Å². The lowest BCUT2D eigenvalue weighted by atomic mass is 9.90. The summed E-state index contributed by atoms with van der Waals surface area (Å²) in [6, 6.07) is 0.318. The fraction of sp³-hybridized carbons (Fsp3) is 0.833. The molecule has 2 amide bonds. The number of nitrogens with zero attached hydrogens (tertiary/aromatic N) is 1. The van der Waals surface area contributed by atoms with E-state index in [4.69, 9.17) is 0 Å². The molecule has 0 radical (unpaired) electrons. The number of carbonyl (C=O) groups is 2. The Hall–Kier alpha value is -1.06. The number of rotatable bonds is 3. The van der Waals surface area contributed by atoms with Crippen LogP contribution in [0.5, 0.6) is 0 Å². The Morgan fingerprint density at radius 3 is 2.25 bits per heavy atom. The summed E-state index contributed by atoms with van der Waals surface area (Å²) >= 11 is 0. The molecule has 16 heavy (non-hydrogen) atoms. The Morgan fingerprint density at radius 2 is 1.75 bits per heavy atom. The smallest absolute Gasteiger partial charge is 0.237 e. The largest absolute Gasteiger partial charge is 0.352 e. The molecule has 0 aromatic carbocycles. The van der Waals surface area contributed by atoms with Gasteiger partial charge in [0.2, 0.25) is 11.8 Å². The van der Waals surface area contributed by atoms with E-state index in [9.17, 15) is 9.59 Å². The number of amides is 2. The molecule has 1 heterocycles. The summed E-state index contributed by atoms with van der Waals surface area (Å²) in [5.41, 5.74) is -0.910. The first-order valence-electron chi connectivity index (χ1n) is 6.12. The van der Waals surface area contributed by atoms with Crippen LogP contribution in [0.15, 0.2) is 0 Å². The summed E-state index contributed by atoms with van der Waals surface area (Å²) in [4.78, 5) is 25.9. The Labute approximate surface area is 96.4 Å². The van der Waals surface area contributed by atoms with Crippen LogP contribution in [0.25, 0.3) is 0 Å². The van der Waals surface area contributed by atoms with Crippen molar-refractivity contribution in [1.82, 2.24) is 10.2 Å². The van der Waals surface area contributed by atoms with Crippen molar-refractivity contribution in [3.8, 4) is 0 Å². The monoisotopic (exact) mass is 224 g/mol. The predicted molar refractivity (Wildman–Crippen MR) is 60.8 cm³/mol. The Balaban J connectivity index is 1.97. The molecule has 1 saturated carbocycles. The highest BCUT2D eigenvalue weighted by atomic mass is 16.2. The zero-order valence-electron chi connectivity index (χ0n) is 10.1. The average Bonchev–Trinajstić information content (AvgIpc) is 2.89. The van der Waals surface area contributed by atoms with Crippen molar-refractivity contribution in [2.75, 3.05) is 13.1 Å². The second-order valence-electron chi connectivity index (χ2n) is 5.37. The fourth-order valence-electron chi connectivity index (χ4n) is 2.01. The minimum Gasteiger partial charge on any atom is -0.352 e. The summed E-state index contributed by atoms with van der Waals surface area (Å²) in [5, 5.41) is 2.91. The van der Waals surface area contributed by atoms with Crippen LogP contribution in [-0.2, 0) is 9.59 Å². The molecule has 0 aromatic rings. The summed E-state index contributed by atoms with van der Waals surface area (Å²) in [7, 11) is 0. The van der Waals surface area contributed by atoms with Crippen LogP contribution in [0, 0.1) is 5.41 Å². The highest BCUT2D eigenvalue weighted by Gasteiger charge is 2.41. The maximum absolute atomic E-state index is 12.2.